The van der Waals surface area contributed by atoms with Crippen LogP contribution in [0.3, 0.4) is 0 Å². The second-order valence-electron chi connectivity index (χ2n) is 5.11. The Morgan fingerprint density at radius 3 is 2.47 bits per heavy atom. The van der Waals surface area contributed by atoms with E-state index in [1.54, 1.807) is 0 Å². The molecule has 0 fully saturated rings. The number of benzene rings is 1. The molecule has 0 aliphatic heterocycles. The first kappa shape index (κ1) is 15.7. The van der Waals surface area contributed by atoms with Crippen molar-refractivity contribution in [2.24, 2.45) is 5.92 Å². The normalized spacial score (nSPS) is 13.8. The molecule has 0 heterocycles. The molecule has 0 amide bonds. The maximum absolute atomic E-state index is 11.7. The highest BCUT2D eigenvalue weighted by atomic mass is 16.5. The molecule has 0 spiro atoms. The molecule has 1 aromatic carbocycles. The molecule has 0 bridgehead atoms. The van der Waals surface area contributed by atoms with Crippen LogP contribution in [0.1, 0.15) is 57.9 Å². The van der Waals surface area contributed by atoms with Crippen LogP contribution in [0.2, 0.25) is 0 Å². The Morgan fingerprint density at radius 1 is 1.21 bits per heavy atom. The van der Waals surface area contributed by atoms with Gasteiger partial charge in [0.15, 0.2) is 0 Å². The van der Waals surface area contributed by atoms with Crippen LogP contribution >= 0.6 is 0 Å². The van der Waals surface area contributed by atoms with Gasteiger partial charge in [0.25, 0.3) is 0 Å². The van der Waals surface area contributed by atoms with Crippen molar-refractivity contribution in [2.45, 2.75) is 52.4 Å². The summed E-state index contributed by atoms with van der Waals surface area (Å²) in [5.74, 6) is 0.713. The summed E-state index contributed by atoms with van der Waals surface area (Å²) in [7, 11) is 0. The van der Waals surface area contributed by atoms with Gasteiger partial charge in [-0.05, 0) is 30.7 Å². The molecule has 0 aromatic heterocycles. The molecule has 106 valence electrons. The Balaban J connectivity index is 2.69. The third-order valence-electron chi connectivity index (χ3n) is 3.70. The van der Waals surface area contributed by atoms with E-state index >= 15 is 0 Å². The number of ether oxygens (including phenoxy) is 1. The van der Waals surface area contributed by atoms with Crippen LogP contribution in [0.5, 0.6) is 0 Å². The molecule has 0 saturated carbocycles. The first-order chi connectivity index (χ1) is 9.19. The first-order valence-electron chi connectivity index (χ1n) is 7.39. The highest BCUT2D eigenvalue weighted by Gasteiger charge is 2.22. The Labute approximate surface area is 117 Å². The van der Waals surface area contributed by atoms with Gasteiger partial charge in [0.05, 0.1) is 6.61 Å². The fourth-order valence-corrected chi connectivity index (χ4v) is 2.46. The smallest absolute Gasteiger partial charge is 0.306 e. The summed E-state index contributed by atoms with van der Waals surface area (Å²) >= 11 is 0. The molecule has 0 aliphatic carbocycles. The average molecular weight is 262 g/mol. The predicted molar refractivity (Wildman–Crippen MR) is 79.1 cm³/mol. The quantitative estimate of drug-likeness (QED) is 0.642. The monoisotopic (exact) mass is 262 g/mol. The largest absolute Gasteiger partial charge is 0.466 e. The van der Waals surface area contributed by atoms with E-state index in [4.69, 9.17) is 4.74 Å². The number of rotatable bonds is 8. The molecule has 0 aliphatic rings. The molecular weight excluding hydrogens is 236 g/mol. The zero-order valence-electron chi connectivity index (χ0n) is 12.4. The van der Waals surface area contributed by atoms with Gasteiger partial charge in [0.1, 0.15) is 0 Å². The van der Waals surface area contributed by atoms with Gasteiger partial charge in [-0.1, -0.05) is 57.0 Å². The summed E-state index contributed by atoms with van der Waals surface area (Å²) in [5.41, 5.74) is 1.31. The number of unbranched alkanes of at least 4 members (excludes halogenated alkanes) is 1. The minimum Gasteiger partial charge on any atom is -0.466 e. The Kier molecular flexibility index (Phi) is 7.24. The van der Waals surface area contributed by atoms with Gasteiger partial charge in [-0.2, -0.15) is 0 Å². The fraction of sp³-hybridized carbons (Fsp3) is 0.588. The van der Waals surface area contributed by atoms with E-state index in [1.165, 1.54) is 18.4 Å². The lowest BCUT2D eigenvalue weighted by atomic mass is 9.82. The third kappa shape index (κ3) is 5.46. The van der Waals surface area contributed by atoms with Gasteiger partial charge in [-0.25, -0.2) is 0 Å². The Morgan fingerprint density at radius 2 is 1.89 bits per heavy atom. The number of carbonyl (C=O) groups excluding carboxylic acids is 1. The molecule has 2 heteroatoms. The highest BCUT2D eigenvalue weighted by Crippen LogP contribution is 2.31. The molecular formula is C17H26O2. The average Bonchev–Trinajstić information content (AvgIpc) is 2.44. The standard InChI is InChI=1S/C17H26O2/c1-4-6-10-16(13-17(18)19-5-2)14(3)15-11-8-7-9-12-15/h7-9,11-12,14,16H,4-6,10,13H2,1-3H3. The maximum Gasteiger partial charge on any atom is 0.306 e. The Bertz CT molecular complexity index is 359. The number of carbonyl (C=O) groups is 1. The molecule has 1 aromatic rings. The lowest BCUT2D eigenvalue weighted by Gasteiger charge is -2.23. The molecule has 19 heavy (non-hydrogen) atoms. The lowest BCUT2D eigenvalue weighted by molar-refractivity contribution is -0.144. The zero-order valence-corrected chi connectivity index (χ0v) is 12.4. The summed E-state index contributed by atoms with van der Waals surface area (Å²) < 4.78 is 5.10. The van der Waals surface area contributed by atoms with Crippen molar-refractivity contribution in [3.8, 4) is 0 Å². The van der Waals surface area contributed by atoms with Crippen molar-refractivity contribution >= 4 is 5.97 Å². The molecule has 2 unspecified atom stereocenters. The zero-order chi connectivity index (χ0) is 14.1. The van der Waals surface area contributed by atoms with E-state index in [2.05, 4.69) is 38.1 Å². The third-order valence-corrected chi connectivity index (χ3v) is 3.70. The van der Waals surface area contributed by atoms with Crippen molar-refractivity contribution < 1.29 is 9.53 Å². The molecule has 2 nitrogen and oxygen atoms in total. The van der Waals surface area contributed by atoms with Crippen molar-refractivity contribution in [3.63, 3.8) is 0 Å². The number of esters is 1. The van der Waals surface area contributed by atoms with Gasteiger partial charge < -0.3 is 4.74 Å². The van der Waals surface area contributed by atoms with Crippen LogP contribution < -0.4 is 0 Å². The van der Waals surface area contributed by atoms with Crippen LogP contribution in [0, 0.1) is 5.92 Å². The van der Waals surface area contributed by atoms with E-state index in [9.17, 15) is 4.79 Å². The van der Waals surface area contributed by atoms with Crippen LogP contribution in [-0.2, 0) is 9.53 Å². The molecule has 1 rings (SSSR count). The fourth-order valence-electron chi connectivity index (χ4n) is 2.46. The van der Waals surface area contributed by atoms with Crippen LogP contribution in [-0.4, -0.2) is 12.6 Å². The summed E-state index contributed by atoms with van der Waals surface area (Å²) in [6, 6.07) is 10.5. The van der Waals surface area contributed by atoms with Crippen molar-refractivity contribution in [1.82, 2.24) is 0 Å². The predicted octanol–water partition coefficient (Wildman–Crippen LogP) is 4.55. The summed E-state index contributed by atoms with van der Waals surface area (Å²) in [4.78, 5) is 11.7. The lowest BCUT2D eigenvalue weighted by Crippen LogP contribution is -2.17. The van der Waals surface area contributed by atoms with E-state index in [0.29, 0.717) is 24.9 Å². The van der Waals surface area contributed by atoms with Crippen LogP contribution in [0.15, 0.2) is 30.3 Å². The number of hydrogen-bond donors (Lipinski definition) is 0. The van der Waals surface area contributed by atoms with E-state index in [1.807, 2.05) is 13.0 Å². The maximum atomic E-state index is 11.7. The van der Waals surface area contributed by atoms with E-state index < -0.39 is 0 Å². The molecule has 0 N–H and O–H groups in total. The van der Waals surface area contributed by atoms with E-state index in [0.717, 1.165) is 6.42 Å². The van der Waals surface area contributed by atoms with E-state index in [-0.39, 0.29) is 5.97 Å². The highest BCUT2D eigenvalue weighted by molar-refractivity contribution is 5.69. The van der Waals surface area contributed by atoms with Gasteiger partial charge in [0.2, 0.25) is 0 Å². The van der Waals surface area contributed by atoms with Crippen molar-refractivity contribution in [1.29, 1.82) is 0 Å². The van der Waals surface area contributed by atoms with Crippen molar-refractivity contribution in [2.75, 3.05) is 6.61 Å². The molecule has 0 saturated heterocycles. The second kappa shape index (κ2) is 8.73. The first-order valence-corrected chi connectivity index (χ1v) is 7.39. The topological polar surface area (TPSA) is 26.3 Å². The molecule has 0 radical (unpaired) electrons. The summed E-state index contributed by atoms with van der Waals surface area (Å²) in [5, 5.41) is 0. The summed E-state index contributed by atoms with van der Waals surface area (Å²) in [6.45, 7) is 6.74. The van der Waals surface area contributed by atoms with Crippen LogP contribution in [0.25, 0.3) is 0 Å². The van der Waals surface area contributed by atoms with Crippen molar-refractivity contribution in [3.05, 3.63) is 35.9 Å². The van der Waals surface area contributed by atoms with Gasteiger partial charge in [-0.15, -0.1) is 0 Å². The SMILES string of the molecule is CCCCC(CC(=O)OCC)C(C)c1ccccc1. The van der Waals surface area contributed by atoms with Gasteiger partial charge >= 0.3 is 5.97 Å². The van der Waals surface area contributed by atoms with Gasteiger partial charge in [0, 0.05) is 6.42 Å². The van der Waals surface area contributed by atoms with Crippen LogP contribution in [0.4, 0.5) is 0 Å². The molecule has 2 atom stereocenters. The minimum atomic E-state index is -0.0635. The van der Waals surface area contributed by atoms with Gasteiger partial charge in [-0.3, -0.25) is 4.79 Å². The summed E-state index contributed by atoms with van der Waals surface area (Å²) in [6.07, 6.45) is 3.96. The minimum absolute atomic E-state index is 0.0635. The number of hydrogen-bond acceptors (Lipinski definition) is 2. The Hall–Kier alpha value is -1.31. The second-order valence-corrected chi connectivity index (χ2v) is 5.11.